The number of ether oxygens (including phenoxy) is 2. The number of nitrogens with one attached hydrogen (secondary N) is 1. The molecule has 0 saturated carbocycles. The summed E-state index contributed by atoms with van der Waals surface area (Å²) < 4.78 is 11.5. The van der Waals surface area contributed by atoms with Crippen molar-refractivity contribution in [2.45, 2.75) is 32.6 Å². The number of carbonyl (C=O) groups is 2. The van der Waals surface area contributed by atoms with Crippen molar-refractivity contribution >= 4 is 17.6 Å². The molecule has 4 rings (SSSR count). The van der Waals surface area contributed by atoms with Crippen LogP contribution in [0, 0.1) is 0 Å². The number of hydrogen-bond acceptors (Lipinski definition) is 5. The van der Waals surface area contributed by atoms with Crippen molar-refractivity contribution in [3.63, 3.8) is 0 Å². The van der Waals surface area contributed by atoms with Crippen molar-refractivity contribution < 1.29 is 19.1 Å². The van der Waals surface area contributed by atoms with Crippen LogP contribution >= 0.6 is 0 Å². The van der Waals surface area contributed by atoms with Crippen molar-refractivity contribution in [1.82, 2.24) is 10.3 Å². The first kappa shape index (κ1) is 21.4. The predicted molar refractivity (Wildman–Crippen MR) is 120 cm³/mol. The molecule has 1 aliphatic heterocycles. The van der Waals surface area contributed by atoms with Gasteiger partial charge in [0.2, 0.25) is 12.0 Å². The summed E-state index contributed by atoms with van der Waals surface area (Å²) in [4.78, 5) is 31.5. The fourth-order valence-electron chi connectivity index (χ4n) is 3.45. The fraction of sp³-hybridized carbons (Fsp3) is 0.240. The Hall–Kier alpha value is -3.87. The van der Waals surface area contributed by atoms with Gasteiger partial charge in [0.25, 0.3) is 5.91 Å². The third-order valence-electron chi connectivity index (χ3n) is 4.93. The van der Waals surface area contributed by atoms with Gasteiger partial charge in [-0.3, -0.25) is 14.5 Å². The summed E-state index contributed by atoms with van der Waals surface area (Å²) in [6.07, 6.45) is 0.848. The van der Waals surface area contributed by atoms with E-state index in [1.165, 1.54) is 4.90 Å². The highest BCUT2D eigenvalue weighted by molar-refractivity contribution is 6.03. The van der Waals surface area contributed by atoms with E-state index in [2.05, 4.69) is 10.3 Å². The number of fused-ring (bicyclic) bond motifs is 1. The molecule has 2 aromatic carbocycles. The molecule has 0 spiro atoms. The van der Waals surface area contributed by atoms with Gasteiger partial charge < -0.3 is 14.8 Å². The summed E-state index contributed by atoms with van der Waals surface area (Å²) in [5.74, 6) is 0.979. The second-order valence-electron chi connectivity index (χ2n) is 7.75. The lowest BCUT2D eigenvalue weighted by molar-refractivity contribution is -0.129. The predicted octanol–water partition coefficient (Wildman–Crippen LogP) is 3.65. The standard InChI is InChI=1S/C25H25N3O4/c1-17(2)31-20-12-10-18(11-13-20)15-27-22(29)16-28-24-21(9-6-14-26-24)32-23(25(28)30)19-7-4-3-5-8-19/h3-14,17,23H,15-16H2,1-2H3,(H,27,29)/t23-/m1/s1. The molecule has 1 atom stereocenters. The van der Waals surface area contributed by atoms with Gasteiger partial charge in [-0.2, -0.15) is 0 Å². The van der Waals surface area contributed by atoms with E-state index in [-0.39, 0.29) is 24.5 Å². The fourth-order valence-corrected chi connectivity index (χ4v) is 3.45. The lowest BCUT2D eigenvalue weighted by Gasteiger charge is -2.33. The maximum Gasteiger partial charge on any atom is 0.274 e. The molecular formula is C25H25N3O4. The largest absolute Gasteiger partial charge is 0.491 e. The van der Waals surface area contributed by atoms with Crippen LogP contribution in [0.2, 0.25) is 0 Å². The molecule has 3 aromatic rings. The number of benzene rings is 2. The van der Waals surface area contributed by atoms with Gasteiger partial charge >= 0.3 is 0 Å². The number of anilines is 1. The Bertz CT molecular complexity index is 1080. The molecule has 1 aromatic heterocycles. The summed E-state index contributed by atoms with van der Waals surface area (Å²) >= 11 is 0. The first-order chi connectivity index (χ1) is 15.5. The average Bonchev–Trinajstić information content (AvgIpc) is 2.80. The second kappa shape index (κ2) is 9.51. The molecule has 1 N–H and O–H groups in total. The van der Waals surface area contributed by atoms with Crippen LogP contribution in [0.3, 0.4) is 0 Å². The van der Waals surface area contributed by atoms with Crippen LogP contribution in [0.15, 0.2) is 72.9 Å². The normalized spacial score (nSPS) is 15.2. The molecular weight excluding hydrogens is 406 g/mol. The van der Waals surface area contributed by atoms with Crippen LogP contribution in [0.5, 0.6) is 11.5 Å². The van der Waals surface area contributed by atoms with Gasteiger partial charge in [-0.1, -0.05) is 42.5 Å². The monoisotopic (exact) mass is 431 g/mol. The molecule has 0 unspecified atom stereocenters. The maximum absolute atomic E-state index is 13.2. The molecule has 0 fully saturated rings. The van der Waals surface area contributed by atoms with Crippen LogP contribution < -0.4 is 19.7 Å². The van der Waals surface area contributed by atoms with Gasteiger partial charge in [0.15, 0.2) is 11.6 Å². The zero-order valence-corrected chi connectivity index (χ0v) is 18.0. The van der Waals surface area contributed by atoms with Crippen LogP contribution in [-0.2, 0) is 16.1 Å². The molecule has 0 radical (unpaired) electrons. The lowest BCUT2D eigenvalue weighted by atomic mass is 10.1. The molecule has 2 heterocycles. The third-order valence-corrected chi connectivity index (χ3v) is 4.93. The Kier molecular flexibility index (Phi) is 6.35. The van der Waals surface area contributed by atoms with E-state index in [9.17, 15) is 9.59 Å². The molecule has 32 heavy (non-hydrogen) atoms. The Morgan fingerprint density at radius 2 is 1.84 bits per heavy atom. The van der Waals surface area contributed by atoms with E-state index in [0.29, 0.717) is 18.1 Å². The molecule has 0 saturated heterocycles. The molecule has 0 bridgehead atoms. The van der Waals surface area contributed by atoms with Gasteiger partial charge in [0.05, 0.1) is 6.10 Å². The highest BCUT2D eigenvalue weighted by Crippen LogP contribution is 2.36. The van der Waals surface area contributed by atoms with Crippen LogP contribution in [0.1, 0.15) is 31.1 Å². The zero-order valence-electron chi connectivity index (χ0n) is 18.0. The highest BCUT2D eigenvalue weighted by atomic mass is 16.5. The Morgan fingerprint density at radius 3 is 2.56 bits per heavy atom. The van der Waals surface area contributed by atoms with Gasteiger partial charge in [0, 0.05) is 18.3 Å². The smallest absolute Gasteiger partial charge is 0.274 e. The molecule has 1 aliphatic rings. The highest BCUT2D eigenvalue weighted by Gasteiger charge is 2.37. The summed E-state index contributed by atoms with van der Waals surface area (Å²) in [6, 6.07) is 20.3. The topological polar surface area (TPSA) is 80.8 Å². The van der Waals surface area contributed by atoms with Crippen molar-refractivity contribution in [3.8, 4) is 11.5 Å². The van der Waals surface area contributed by atoms with E-state index in [4.69, 9.17) is 9.47 Å². The number of rotatable bonds is 7. The van der Waals surface area contributed by atoms with E-state index >= 15 is 0 Å². The van der Waals surface area contributed by atoms with Gasteiger partial charge in [0.1, 0.15) is 12.3 Å². The van der Waals surface area contributed by atoms with Gasteiger partial charge in [-0.05, 0) is 43.7 Å². The van der Waals surface area contributed by atoms with Crippen LogP contribution in [0.4, 0.5) is 5.82 Å². The lowest BCUT2D eigenvalue weighted by Crippen LogP contribution is -2.46. The van der Waals surface area contributed by atoms with Gasteiger partial charge in [-0.25, -0.2) is 4.98 Å². The van der Waals surface area contributed by atoms with E-state index in [1.807, 2.05) is 68.4 Å². The number of aromatic nitrogens is 1. The minimum absolute atomic E-state index is 0.0998. The number of nitrogens with zero attached hydrogens (tertiary/aromatic N) is 2. The van der Waals surface area contributed by atoms with Crippen molar-refractivity contribution in [2.24, 2.45) is 0 Å². The third kappa shape index (κ3) is 4.88. The van der Waals surface area contributed by atoms with Gasteiger partial charge in [-0.15, -0.1) is 0 Å². The van der Waals surface area contributed by atoms with Crippen molar-refractivity contribution in [1.29, 1.82) is 0 Å². The Labute approximate surface area is 187 Å². The van der Waals surface area contributed by atoms with Crippen LogP contribution in [0.25, 0.3) is 0 Å². The molecule has 7 nitrogen and oxygen atoms in total. The summed E-state index contributed by atoms with van der Waals surface area (Å²) in [5.41, 5.74) is 1.66. The maximum atomic E-state index is 13.2. The molecule has 7 heteroatoms. The number of hydrogen-bond donors (Lipinski definition) is 1. The van der Waals surface area contributed by atoms with Crippen molar-refractivity contribution in [2.75, 3.05) is 11.4 Å². The summed E-state index contributed by atoms with van der Waals surface area (Å²) in [5, 5.41) is 2.87. The van der Waals surface area contributed by atoms with Crippen molar-refractivity contribution in [3.05, 3.63) is 84.1 Å². The van der Waals surface area contributed by atoms with E-state index < -0.39 is 6.10 Å². The minimum atomic E-state index is -0.825. The number of amides is 2. The quantitative estimate of drug-likeness (QED) is 0.618. The minimum Gasteiger partial charge on any atom is -0.491 e. The molecule has 0 aliphatic carbocycles. The zero-order chi connectivity index (χ0) is 22.5. The second-order valence-corrected chi connectivity index (χ2v) is 7.75. The summed E-state index contributed by atoms with van der Waals surface area (Å²) in [6.45, 7) is 4.13. The Balaban J connectivity index is 1.45. The molecule has 2 amide bonds. The first-order valence-electron chi connectivity index (χ1n) is 10.5. The Morgan fingerprint density at radius 1 is 1.09 bits per heavy atom. The number of pyridine rings is 1. The molecule has 164 valence electrons. The van der Waals surface area contributed by atoms with E-state index in [1.54, 1.807) is 18.3 Å². The first-order valence-corrected chi connectivity index (χ1v) is 10.5. The average molecular weight is 431 g/mol. The number of carbonyl (C=O) groups excluding carboxylic acids is 2. The SMILES string of the molecule is CC(C)Oc1ccc(CNC(=O)CN2C(=O)[C@@H](c3ccccc3)Oc3cccnc32)cc1. The van der Waals surface area contributed by atoms with Crippen LogP contribution in [-0.4, -0.2) is 29.4 Å². The van der Waals surface area contributed by atoms with E-state index in [0.717, 1.165) is 16.9 Å². The summed E-state index contributed by atoms with van der Waals surface area (Å²) in [7, 11) is 0.